The van der Waals surface area contributed by atoms with Crippen LogP contribution in [0.15, 0.2) is 36.0 Å². The lowest BCUT2D eigenvalue weighted by Gasteiger charge is -2.29. The molecule has 0 saturated heterocycles. The highest BCUT2D eigenvalue weighted by Crippen LogP contribution is 2.32. The molecule has 0 aromatic heterocycles. The first-order valence-electron chi connectivity index (χ1n) is 7.45. The van der Waals surface area contributed by atoms with E-state index in [1.807, 2.05) is 38.1 Å². The average Bonchev–Trinajstić information content (AvgIpc) is 2.45. The Hall–Kier alpha value is -1.46. The molecule has 0 spiro atoms. The number of hydrazine groups is 1. The molecule has 1 aromatic rings. The fourth-order valence-corrected chi connectivity index (χ4v) is 3.59. The molecule has 2 rings (SSSR count). The molecule has 124 valence electrons. The van der Waals surface area contributed by atoms with Crippen molar-refractivity contribution in [2.45, 2.75) is 32.4 Å². The van der Waals surface area contributed by atoms with Gasteiger partial charge in [-0.3, -0.25) is 15.0 Å². The summed E-state index contributed by atoms with van der Waals surface area (Å²) >= 11 is 7.57. The zero-order valence-corrected chi connectivity index (χ0v) is 14.9. The highest BCUT2D eigenvalue weighted by molar-refractivity contribution is 7.99. The van der Waals surface area contributed by atoms with E-state index >= 15 is 0 Å². The second-order valence-electron chi connectivity index (χ2n) is 6.41. The van der Waals surface area contributed by atoms with E-state index in [1.165, 1.54) is 11.8 Å². The van der Waals surface area contributed by atoms with Crippen LogP contribution in [-0.4, -0.2) is 17.4 Å². The summed E-state index contributed by atoms with van der Waals surface area (Å²) in [6.45, 7) is 4.09. The van der Waals surface area contributed by atoms with Crippen LogP contribution in [0.1, 0.15) is 32.3 Å². The number of thioether (sulfide) groups is 1. The number of ketones is 1. The van der Waals surface area contributed by atoms with Gasteiger partial charge in [-0.1, -0.05) is 43.6 Å². The molecular weight excluding hydrogens is 332 g/mol. The molecule has 0 atom stereocenters. The third-order valence-corrected chi connectivity index (χ3v) is 4.82. The number of halogens is 1. The second kappa shape index (κ2) is 7.88. The lowest BCUT2D eigenvalue weighted by Crippen LogP contribution is -2.40. The van der Waals surface area contributed by atoms with Crippen molar-refractivity contribution in [3.63, 3.8) is 0 Å². The van der Waals surface area contributed by atoms with E-state index in [9.17, 15) is 9.59 Å². The molecule has 0 bridgehead atoms. The van der Waals surface area contributed by atoms with Crippen molar-refractivity contribution in [1.29, 1.82) is 0 Å². The van der Waals surface area contributed by atoms with Crippen molar-refractivity contribution in [2.75, 3.05) is 5.75 Å². The van der Waals surface area contributed by atoms with Gasteiger partial charge in [0.25, 0.3) is 0 Å². The number of carbonyl (C=O) groups excluding carboxylic acids is 2. The van der Waals surface area contributed by atoms with E-state index in [0.717, 1.165) is 17.7 Å². The van der Waals surface area contributed by atoms with Crippen LogP contribution in [-0.2, 0) is 15.3 Å². The number of rotatable bonds is 6. The van der Waals surface area contributed by atoms with Crippen molar-refractivity contribution in [1.82, 2.24) is 10.9 Å². The number of carbonyl (C=O) groups is 2. The molecule has 0 unspecified atom stereocenters. The Morgan fingerprint density at radius 1 is 1.30 bits per heavy atom. The van der Waals surface area contributed by atoms with Gasteiger partial charge in [0.15, 0.2) is 5.78 Å². The maximum Gasteiger partial charge on any atom is 0.248 e. The monoisotopic (exact) mass is 352 g/mol. The van der Waals surface area contributed by atoms with Crippen LogP contribution in [0.25, 0.3) is 0 Å². The van der Waals surface area contributed by atoms with Crippen molar-refractivity contribution < 1.29 is 9.59 Å². The molecule has 0 saturated carbocycles. The van der Waals surface area contributed by atoms with E-state index in [1.54, 1.807) is 6.08 Å². The fourth-order valence-electron chi connectivity index (χ4n) is 2.48. The number of allylic oxidation sites excluding steroid dienone is 2. The molecular formula is C17H21ClN2O2S. The highest BCUT2D eigenvalue weighted by Gasteiger charge is 2.27. The van der Waals surface area contributed by atoms with E-state index in [-0.39, 0.29) is 17.1 Å². The quantitative estimate of drug-likeness (QED) is 0.770. The molecule has 0 fully saturated rings. The Labute approximate surface area is 146 Å². The topological polar surface area (TPSA) is 58.2 Å². The van der Waals surface area contributed by atoms with Crippen molar-refractivity contribution in [3.05, 3.63) is 46.6 Å². The minimum atomic E-state index is -0.126. The number of benzene rings is 1. The predicted octanol–water partition coefficient (Wildman–Crippen LogP) is 3.47. The van der Waals surface area contributed by atoms with Crippen molar-refractivity contribution in [2.24, 2.45) is 5.41 Å². The Kier molecular flexibility index (Phi) is 6.13. The van der Waals surface area contributed by atoms with Gasteiger partial charge in [0.2, 0.25) is 5.91 Å². The number of amides is 1. The minimum Gasteiger partial charge on any atom is -0.303 e. The first-order chi connectivity index (χ1) is 10.9. The zero-order valence-electron chi connectivity index (χ0n) is 13.3. The van der Waals surface area contributed by atoms with Gasteiger partial charge in [-0.05, 0) is 23.5 Å². The van der Waals surface area contributed by atoms with Crippen LogP contribution < -0.4 is 10.9 Å². The van der Waals surface area contributed by atoms with Gasteiger partial charge in [-0.15, -0.1) is 11.8 Å². The van der Waals surface area contributed by atoms with Gasteiger partial charge in [-0.2, -0.15) is 0 Å². The van der Waals surface area contributed by atoms with Gasteiger partial charge < -0.3 is 5.43 Å². The first-order valence-corrected chi connectivity index (χ1v) is 8.98. The Balaban J connectivity index is 1.73. The summed E-state index contributed by atoms with van der Waals surface area (Å²) in [7, 11) is 0. The largest absolute Gasteiger partial charge is 0.303 e. The van der Waals surface area contributed by atoms with E-state index < -0.39 is 0 Å². The number of hydrogen-bond acceptors (Lipinski definition) is 4. The summed E-state index contributed by atoms with van der Waals surface area (Å²) in [5, 5.41) is 0.714. The van der Waals surface area contributed by atoms with Crippen LogP contribution >= 0.6 is 23.4 Å². The van der Waals surface area contributed by atoms with Crippen LogP contribution in [0, 0.1) is 5.41 Å². The number of hydrogen-bond donors (Lipinski definition) is 2. The molecule has 1 aromatic carbocycles. The summed E-state index contributed by atoms with van der Waals surface area (Å²) in [6.07, 6.45) is 2.86. The second-order valence-corrected chi connectivity index (χ2v) is 7.80. The van der Waals surface area contributed by atoms with Gasteiger partial charge in [0, 0.05) is 29.0 Å². The van der Waals surface area contributed by atoms with Crippen LogP contribution in [0.5, 0.6) is 0 Å². The van der Waals surface area contributed by atoms with Gasteiger partial charge in [0.05, 0.1) is 5.75 Å². The summed E-state index contributed by atoms with van der Waals surface area (Å²) in [4.78, 5) is 23.5. The average molecular weight is 353 g/mol. The Morgan fingerprint density at radius 2 is 2.04 bits per heavy atom. The summed E-state index contributed by atoms with van der Waals surface area (Å²) in [6, 6.07) is 7.60. The lowest BCUT2D eigenvalue weighted by molar-refractivity contribution is -0.120. The molecule has 4 nitrogen and oxygen atoms in total. The molecule has 6 heteroatoms. The maximum absolute atomic E-state index is 11.9. The molecule has 0 heterocycles. The van der Waals surface area contributed by atoms with Crippen LogP contribution in [0.3, 0.4) is 0 Å². The zero-order chi connectivity index (χ0) is 16.9. The molecule has 0 radical (unpaired) electrons. The standard InChI is InChI=1S/C17H21ClN2O2S/c1-17(2)8-13(7-14(21)9-17)19-20-16(22)11-23-10-12-5-3-4-6-15(12)18/h3-7,19H,8-11H2,1-2H3,(H,20,22). The summed E-state index contributed by atoms with van der Waals surface area (Å²) in [5.41, 5.74) is 7.22. The van der Waals surface area contributed by atoms with Crippen molar-refractivity contribution in [3.8, 4) is 0 Å². The minimum absolute atomic E-state index is 0.0717. The van der Waals surface area contributed by atoms with Crippen LogP contribution in [0.2, 0.25) is 5.02 Å². The summed E-state index contributed by atoms with van der Waals surface area (Å²) < 4.78 is 0. The smallest absolute Gasteiger partial charge is 0.248 e. The van der Waals surface area contributed by atoms with Crippen LogP contribution in [0.4, 0.5) is 0 Å². The Morgan fingerprint density at radius 3 is 2.74 bits per heavy atom. The third kappa shape index (κ3) is 5.92. The lowest BCUT2D eigenvalue weighted by atomic mass is 9.79. The molecule has 1 amide bonds. The van der Waals surface area contributed by atoms with E-state index in [0.29, 0.717) is 22.9 Å². The molecule has 1 aliphatic carbocycles. The van der Waals surface area contributed by atoms with Crippen molar-refractivity contribution >= 4 is 35.1 Å². The van der Waals surface area contributed by atoms with E-state index in [4.69, 9.17) is 11.6 Å². The molecule has 23 heavy (non-hydrogen) atoms. The Bertz CT molecular complexity index is 629. The molecule has 0 aliphatic heterocycles. The van der Waals surface area contributed by atoms with E-state index in [2.05, 4.69) is 10.9 Å². The van der Waals surface area contributed by atoms with Gasteiger partial charge in [0.1, 0.15) is 0 Å². The summed E-state index contributed by atoms with van der Waals surface area (Å²) in [5.74, 6) is 0.967. The highest BCUT2D eigenvalue weighted by atomic mass is 35.5. The molecule has 1 aliphatic rings. The van der Waals surface area contributed by atoms with Gasteiger partial charge in [-0.25, -0.2) is 0 Å². The predicted molar refractivity (Wildman–Crippen MR) is 95.0 cm³/mol. The normalized spacial score (nSPS) is 16.7. The fraction of sp³-hybridized carbons (Fsp3) is 0.412. The third-order valence-electron chi connectivity index (χ3n) is 3.47. The SMILES string of the molecule is CC1(C)CC(=O)C=C(NNC(=O)CSCc2ccccc2Cl)C1. The maximum atomic E-state index is 11.9. The number of nitrogens with one attached hydrogen (secondary N) is 2. The van der Waals surface area contributed by atoms with Gasteiger partial charge >= 0.3 is 0 Å². The first kappa shape index (κ1) is 17.9. The molecule has 2 N–H and O–H groups in total.